The molecule has 0 aliphatic carbocycles. The first-order valence-electron chi connectivity index (χ1n) is 8.87. The Morgan fingerprint density at radius 2 is 2.00 bits per heavy atom. The maximum atomic E-state index is 12.3. The van der Waals surface area contributed by atoms with Gasteiger partial charge in [0.2, 0.25) is 17.1 Å². The number of aryl methyl sites for hydroxylation is 1. The van der Waals surface area contributed by atoms with Gasteiger partial charge in [0.25, 0.3) is 0 Å². The summed E-state index contributed by atoms with van der Waals surface area (Å²) in [4.78, 5) is 26.0. The van der Waals surface area contributed by atoms with Gasteiger partial charge in [0.05, 0.1) is 12.5 Å². The minimum Gasteiger partial charge on any atom is -0.502 e. The number of furan rings is 1. The zero-order valence-corrected chi connectivity index (χ0v) is 14.9. The minimum absolute atomic E-state index is 0.0256. The summed E-state index contributed by atoms with van der Waals surface area (Å²) in [6, 6.07) is 4.75. The van der Waals surface area contributed by atoms with Crippen molar-refractivity contribution >= 4 is 5.91 Å². The Hall–Kier alpha value is -2.54. The van der Waals surface area contributed by atoms with Crippen molar-refractivity contribution in [3.8, 4) is 5.75 Å². The molecule has 1 fully saturated rings. The lowest BCUT2D eigenvalue weighted by Crippen LogP contribution is -2.29. The van der Waals surface area contributed by atoms with Crippen molar-refractivity contribution in [2.24, 2.45) is 5.73 Å². The molecule has 140 valence electrons. The maximum Gasteiger partial charge on any atom is 0.227 e. The molecule has 1 atom stereocenters. The summed E-state index contributed by atoms with van der Waals surface area (Å²) in [6.45, 7) is 4.15. The van der Waals surface area contributed by atoms with E-state index in [4.69, 9.17) is 14.6 Å². The van der Waals surface area contributed by atoms with Crippen LogP contribution in [0.4, 0.5) is 0 Å². The van der Waals surface area contributed by atoms with Crippen LogP contribution in [0.1, 0.15) is 54.6 Å². The fraction of sp³-hybridized carbons (Fsp3) is 0.474. The zero-order chi connectivity index (χ0) is 18.7. The van der Waals surface area contributed by atoms with Gasteiger partial charge in [0.15, 0.2) is 5.76 Å². The van der Waals surface area contributed by atoms with Crippen LogP contribution in [-0.2, 0) is 11.3 Å². The van der Waals surface area contributed by atoms with Crippen molar-refractivity contribution in [1.29, 1.82) is 0 Å². The van der Waals surface area contributed by atoms with Crippen LogP contribution in [0.3, 0.4) is 0 Å². The van der Waals surface area contributed by atoms with Crippen LogP contribution in [-0.4, -0.2) is 29.0 Å². The lowest BCUT2D eigenvalue weighted by Gasteiger charge is -2.26. The van der Waals surface area contributed by atoms with E-state index < -0.39 is 23.0 Å². The molecule has 0 saturated carbocycles. The molecule has 0 bridgehead atoms. The molecule has 26 heavy (non-hydrogen) atoms. The first kappa shape index (κ1) is 18.3. The van der Waals surface area contributed by atoms with Gasteiger partial charge in [0, 0.05) is 12.5 Å². The third kappa shape index (κ3) is 4.16. The Bertz CT molecular complexity index is 833. The molecular formula is C19H24N2O5. The summed E-state index contributed by atoms with van der Waals surface area (Å²) in [5.41, 5.74) is 4.83. The Morgan fingerprint density at radius 3 is 2.62 bits per heavy atom. The molecule has 3 N–H and O–H groups in total. The summed E-state index contributed by atoms with van der Waals surface area (Å²) in [5.74, 6) is -0.258. The number of amides is 1. The van der Waals surface area contributed by atoms with E-state index in [1.807, 2.05) is 0 Å². The SMILES string of the molecule is Cc1ccc([C@@H](CC(N)=O)c2oc(CN3CCCCC3)cc(=O)c2O)o1. The van der Waals surface area contributed by atoms with E-state index >= 15 is 0 Å². The van der Waals surface area contributed by atoms with Crippen molar-refractivity contribution < 1.29 is 18.7 Å². The third-order valence-corrected chi connectivity index (χ3v) is 4.65. The Kier molecular flexibility index (Phi) is 5.46. The van der Waals surface area contributed by atoms with Crippen molar-refractivity contribution in [3.63, 3.8) is 0 Å². The molecule has 3 rings (SSSR count). The van der Waals surface area contributed by atoms with Crippen LogP contribution in [0.5, 0.6) is 5.75 Å². The van der Waals surface area contributed by atoms with Gasteiger partial charge >= 0.3 is 0 Å². The number of rotatable bonds is 6. The summed E-state index contributed by atoms with van der Waals surface area (Å²) in [7, 11) is 0. The molecule has 1 aliphatic rings. The van der Waals surface area contributed by atoms with Crippen molar-refractivity contribution in [2.45, 2.75) is 45.1 Å². The summed E-state index contributed by atoms with van der Waals surface area (Å²) >= 11 is 0. The maximum absolute atomic E-state index is 12.3. The molecule has 3 heterocycles. The largest absolute Gasteiger partial charge is 0.502 e. The fourth-order valence-corrected chi connectivity index (χ4v) is 3.37. The summed E-state index contributed by atoms with van der Waals surface area (Å²) in [5, 5.41) is 10.3. The third-order valence-electron chi connectivity index (χ3n) is 4.65. The second kappa shape index (κ2) is 7.78. The highest BCUT2D eigenvalue weighted by Gasteiger charge is 2.28. The number of hydrogen-bond donors (Lipinski definition) is 2. The van der Waals surface area contributed by atoms with Crippen LogP contribution >= 0.6 is 0 Å². The molecule has 1 saturated heterocycles. The van der Waals surface area contributed by atoms with E-state index in [-0.39, 0.29) is 12.2 Å². The van der Waals surface area contributed by atoms with Crippen LogP contribution in [0, 0.1) is 6.92 Å². The molecule has 7 nitrogen and oxygen atoms in total. The molecule has 1 aliphatic heterocycles. The molecular weight excluding hydrogens is 336 g/mol. The quantitative estimate of drug-likeness (QED) is 0.817. The van der Waals surface area contributed by atoms with Crippen molar-refractivity contribution in [2.75, 3.05) is 13.1 Å². The average Bonchev–Trinajstić information content (AvgIpc) is 3.03. The zero-order valence-electron chi connectivity index (χ0n) is 14.9. The Labute approximate surface area is 151 Å². The molecule has 7 heteroatoms. The molecule has 0 spiro atoms. The highest BCUT2D eigenvalue weighted by molar-refractivity contribution is 5.75. The van der Waals surface area contributed by atoms with E-state index in [0.29, 0.717) is 23.8 Å². The number of nitrogens with zero attached hydrogens (tertiary/aromatic N) is 1. The molecule has 2 aromatic heterocycles. The highest BCUT2D eigenvalue weighted by atomic mass is 16.4. The fourth-order valence-electron chi connectivity index (χ4n) is 3.37. The number of piperidine rings is 1. The van der Waals surface area contributed by atoms with Gasteiger partial charge in [-0.1, -0.05) is 6.42 Å². The molecule has 2 aromatic rings. The van der Waals surface area contributed by atoms with E-state index in [9.17, 15) is 14.7 Å². The number of likely N-dealkylation sites (tertiary alicyclic amines) is 1. The molecule has 1 amide bonds. The standard InChI is InChI=1S/C19H24N2O5/c1-12-5-6-16(25-12)14(10-17(20)23)19-18(24)15(22)9-13(26-19)11-21-7-3-2-4-8-21/h5-6,9,14,24H,2-4,7-8,10-11H2,1H3,(H2,20,23)/t14-/m1/s1. The number of carbonyl (C=O) groups excluding carboxylic acids is 1. The monoisotopic (exact) mass is 360 g/mol. The number of hydrogen-bond acceptors (Lipinski definition) is 6. The van der Waals surface area contributed by atoms with Gasteiger partial charge in [-0.05, 0) is 45.0 Å². The van der Waals surface area contributed by atoms with Crippen LogP contribution in [0.2, 0.25) is 0 Å². The number of nitrogens with two attached hydrogens (primary N) is 1. The highest BCUT2D eigenvalue weighted by Crippen LogP contribution is 2.34. The van der Waals surface area contributed by atoms with Crippen molar-refractivity contribution in [3.05, 3.63) is 51.5 Å². The van der Waals surface area contributed by atoms with Gasteiger partial charge in [-0.25, -0.2) is 0 Å². The normalized spacial score (nSPS) is 16.5. The van der Waals surface area contributed by atoms with Gasteiger partial charge in [0.1, 0.15) is 17.3 Å². The Balaban J connectivity index is 1.97. The summed E-state index contributed by atoms with van der Waals surface area (Å²) in [6.07, 6.45) is 3.31. The first-order valence-corrected chi connectivity index (χ1v) is 8.87. The number of aromatic hydroxyl groups is 1. The van der Waals surface area contributed by atoms with Gasteiger partial charge in [-0.15, -0.1) is 0 Å². The second-order valence-corrected chi connectivity index (χ2v) is 6.80. The lowest BCUT2D eigenvalue weighted by atomic mass is 9.97. The van der Waals surface area contributed by atoms with E-state index in [1.165, 1.54) is 12.5 Å². The van der Waals surface area contributed by atoms with Gasteiger partial charge in [-0.3, -0.25) is 14.5 Å². The van der Waals surface area contributed by atoms with Crippen molar-refractivity contribution in [1.82, 2.24) is 4.90 Å². The predicted molar refractivity (Wildman–Crippen MR) is 94.9 cm³/mol. The topological polar surface area (TPSA) is 110 Å². The predicted octanol–water partition coefficient (Wildman–Crippen LogP) is 2.24. The average molecular weight is 360 g/mol. The van der Waals surface area contributed by atoms with Crippen LogP contribution in [0.25, 0.3) is 0 Å². The van der Waals surface area contributed by atoms with E-state index in [1.54, 1.807) is 19.1 Å². The van der Waals surface area contributed by atoms with Gasteiger partial charge in [-0.2, -0.15) is 0 Å². The molecule has 0 radical (unpaired) electrons. The number of carbonyl (C=O) groups is 1. The van der Waals surface area contributed by atoms with Crippen LogP contribution < -0.4 is 11.2 Å². The smallest absolute Gasteiger partial charge is 0.227 e. The Morgan fingerprint density at radius 1 is 1.27 bits per heavy atom. The lowest BCUT2D eigenvalue weighted by molar-refractivity contribution is -0.118. The first-order chi connectivity index (χ1) is 12.4. The van der Waals surface area contributed by atoms with E-state index in [0.717, 1.165) is 25.9 Å². The second-order valence-electron chi connectivity index (χ2n) is 6.80. The van der Waals surface area contributed by atoms with Gasteiger partial charge < -0.3 is 19.7 Å². The molecule has 0 unspecified atom stereocenters. The minimum atomic E-state index is -0.741. The number of primary amides is 1. The molecule has 0 aromatic carbocycles. The van der Waals surface area contributed by atoms with E-state index in [2.05, 4.69) is 4.90 Å². The summed E-state index contributed by atoms with van der Waals surface area (Å²) < 4.78 is 11.5. The van der Waals surface area contributed by atoms with Crippen LogP contribution in [0.15, 0.2) is 31.8 Å².